The summed E-state index contributed by atoms with van der Waals surface area (Å²) < 4.78 is 25.7. The number of allylic oxidation sites excluding steroid dienone is 2. The molecule has 30 heavy (non-hydrogen) atoms. The highest BCUT2D eigenvalue weighted by Gasteiger charge is 2.57. The highest BCUT2D eigenvalue weighted by molar-refractivity contribution is 7.91. The number of sulfone groups is 1. The molecule has 0 spiro atoms. The molecule has 3 heteroatoms. The summed E-state index contributed by atoms with van der Waals surface area (Å²) in [6.45, 7) is 5.10. The summed E-state index contributed by atoms with van der Waals surface area (Å²) in [6, 6.07) is 9.04. The van der Waals surface area contributed by atoms with Gasteiger partial charge in [0.25, 0.3) is 0 Å². The summed E-state index contributed by atoms with van der Waals surface area (Å²) in [5.74, 6) is 3.34. The number of rotatable bonds is 4. The maximum atomic E-state index is 12.9. The quantitative estimate of drug-likeness (QED) is 0.495. The standard InChI is InChI=1S/C27H38O2S/c1-26-17-7-6-8-20(26)11-13-23-24-14-12-21(27(24,2)18-15-25(23)26)16-19-30(28,29)22-9-4-3-5-10-22/h3-5,9-11,21,23-25H,6-8,12-19H2,1-2H3/t21-,23+,24+,25+,26+,27-/m1/s1. The summed E-state index contributed by atoms with van der Waals surface area (Å²) >= 11 is 0. The average Bonchev–Trinajstić information content (AvgIpc) is 3.09. The molecule has 0 aromatic heterocycles. The fraction of sp³-hybridized carbons (Fsp3) is 0.704. The van der Waals surface area contributed by atoms with Gasteiger partial charge >= 0.3 is 0 Å². The largest absolute Gasteiger partial charge is 0.224 e. The molecule has 0 saturated heterocycles. The Labute approximate surface area is 183 Å². The molecule has 0 radical (unpaired) electrons. The topological polar surface area (TPSA) is 34.1 Å². The lowest BCUT2D eigenvalue weighted by molar-refractivity contribution is -0.0414. The Morgan fingerprint density at radius 3 is 2.57 bits per heavy atom. The molecule has 0 amide bonds. The van der Waals surface area contributed by atoms with Gasteiger partial charge in [0.1, 0.15) is 0 Å². The third-order valence-corrected chi connectivity index (χ3v) is 11.8. The van der Waals surface area contributed by atoms with E-state index in [1.165, 1.54) is 57.8 Å². The number of fused-ring (bicyclic) bond motifs is 5. The van der Waals surface area contributed by atoms with Crippen LogP contribution in [0.1, 0.15) is 78.1 Å². The highest BCUT2D eigenvalue weighted by Crippen LogP contribution is 2.66. The summed E-state index contributed by atoms with van der Waals surface area (Å²) in [5.41, 5.74) is 2.57. The van der Waals surface area contributed by atoms with Gasteiger partial charge in [-0.05, 0) is 104 Å². The van der Waals surface area contributed by atoms with E-state index in [-0.39, 0.29) is 0 Å². The summed E-state index contributed by atoms with van der Waals surface area (Å²) in [6.07, 6.45) is 15.5. The molecule has 4 aliphatic carbocycles. The Balaban J connectivity index is 1.33. The lowest BCUT2D eigenvalue weighted by Gasteiger charge is -2.57. The van der Waals surface area contributed by atoms with Gasteiger partial charge in [0.2, 0.25) is 0 Å². The smallest absolute Gasteiger partial charge is 0.178 e. The molecular weight excluding hydrogens is 388 g/mol. The SMILES string of the molecule is C[C@]12CC[C@H]3[C@@H](CC=C4CCCC[C@@]43C)[C@@H]1CC[C@@H]2CCS(=O)(=O)c1ccccc1. The van der Waals surface area contributed by atoms with Crippen molar-refractivity contribution >= 4 is 9.84 Å². The second-order valence-electron chi connectivity index (χ2n) is 11.2. The normalized spacial score (nSPS) is 40.8. The van der Waals surface area contributed by atoms with Crippen molar-refractivity contribution < 1.29 is 8.42 Å². The Morgan fingerprint density at radius 2 is 1.77 bits per heavy atom. The van der Waals surface area contributed by atoms with Crippen LogP contribution in [0.25, 0.3) is 0 Å². The molecule has 164 valence electrons. The minimum atomic E-state index is -3.17. The Hall–Kier alpha value is -1.09. The first kappa shape index (κ1) is 20.8. The fourth-order valence-electron chi connectivity index (χ4n) is 8.32. The number of hydrogen-bond acceptors (Lipinski definition) is 2. The van der Waals surface area contributed by atoms with Crippen molar-refractivity contribution in [3.63, 3.8) is 0 Å². The molecule has 0 heterocycles. The van der Waals surface area contributed by atoms with E-state index in [1.54, 1.807) is 17.7 Å². The van der Waals surface area contributed by atoms with Crippen molar-refractivity contribution in [1.29, 1.82) is 0 Å². The Kier molecular flexibility index (Phi) is 5.20. The monoisotopic (exact) mass is 426 g/mol. The van der Waals surface area contributed by atoms with E-state index < -0.39 is 9.84 Å². The predicted octanol–water partition coefficient (Wildman–Crippen LogP) is 6.82. The van der Waals surface area contributed by atoms with Crippen LogP contribution in [0.3, 0.4) is 0 Å². The summed E-state index contributed by atoms with van der Waals surface area (Å²) in [4.78, 5) is 0.489. The van der Waals surface area contributed by atoms with Gasteiger partial charge in [0.15, 0.2) is 9.84 Å². The van der Waals surface area contributed by atoms with Crippen LogP contribution in [-0.4, -0.2) is 14.2 Å². The van der Waals surface area contributed by atoms with Crippen LogP contribution in [0.5, 0.6) is 0 Å². The predicted molar refractivity (Wildman–Crippen MR) is 123 cm³/mol. The van der Waals surface area contributed by atoms with Gasteiger partial charge in [0, 0.05) is 0 Å². The zero-order valence-electron chi connectivity index (χ0n) is 18.8. The van der Waals surface area contributed by atoms with E-state index in [2.05, 4.69) is 19.9 Å². The van der Waals surface area contributed by atoms with Crippen LogP contribution in [-0.2, 0) is 9.84 Å². The fourth-order valence-corrected chi connectivity index (χ4v) is 9.73. The Bertz CT molecular complexity index is 917. The maximum absolute atomic E-state index is 12.9. The molecule has 0 aliphatic heterocycles. The molecule has 3 saturated carbocycles. The number of benzene rings is 1. The summed E-state index contributed by atoms with van der Waals surface area (Å²) in [5, 5.41) is 0. The minimum Gasteiger partial charge on any atom is -0.224 e. The van der Waals surface area contributed by atoms with E-state index in [1.807, 2.05) is 18.2 Å². The molecule has 0 bridgehead atoms. The van der Waals surface area contributed by atoms with E-state index in [4.69, 9.17) is 0 Å². The third-order valence-electron chi connectivity index (χ3n) is 10.1. The molecule has 6 atom stereocenters. The first-order valence-electron chi connectivity index (χ1n) is 12.3. The van der Waals surface area contributed by atoms with Crippen LogP contribution in [0.4, 0.5) is 0 Å². The van der Waals surface area contributed by atoms with Gasteiger partial charge in [-0.3, -0.25) is 0 Å². The van der Waals surface area contributed by atoms with Crippen LogP contribution in [0, 0.1) is 34.5 Å². The molecule has 1 aromatic carbocycles. The second-order valence-corrected chi connectivity index (χ2v) is 13.3. The van der Waals surface area contributed by atoms with Crippen molar-refractivity contribution in [2.24, 2.45) is 34.5 Å². The molecule has 0 N–H and O–H groups in total. The zero-order valence-corrected chi connectivity index (χ0v) is 19.6. The minimum absolute atomic E-state index is 0.305. The van der Waals surface area contributed by atoms with Crippen molar-refractivity contribution in [2.75, 3.05) is 5.75 Å². The van der Waals surface area contributed by atoms with Crippen LogP contribution in [0.2, 0.25) is 0 Å². The van der Waals surface area contributed by atoms with Crippen LogP contribution in [0.15, 0.2) is 46.9 Å². The van der Waals surface area contributed by atoms with Crippen molar-refractivity contribution in [1.82, 2.24) is 0 Å². The Morgan fingerprint density at radius 1 is 0.967 bits per heavy atom. The molecular formula is C27H38O2S. The van der Waals surface area contributed by atoms with E-state index in [0.717, 1.165) is 24.2 Å². The van der Waals surface area contributed by atoms with Gasteiger partial charge in [-0.2, -0.15) is 0 Å². The summed E-state index contributed by atoms with van der Waals surface area (Å²) in [7, 11) is -3.17. The first-order valence-corrected chi connectivity index (χ1v) is 14.0. The van der Waals surface area contributed by atoms with Crippen molar-refractivity contribution in [3.8, 4) is 0 Å². The van der Waals surface area contributed by atoms with Gasteiger partial charge in [-0.25, -0.2) is 8.42 Å². The van der Waals surface area contributed by atoms with Gasteiger partial charge < -0.3 is 0 Å². The molecule has 0 unspecified atom stereocenters. The van der Waals surface area contributed by atoms with Crippen LogP contribution < -0.4 is 0 Å². The van der Waals surface area contributed by atoms with E-state index >= 15 is 0 Å². The molecule has 1 aromatic rings. The molecule has 2 nitrogen and oxygen atoms in total. The zero-order chi connectivity index (χ0) is 21.0. The van der Waals surface area contributed by atoms with E-state index in [0.29, 0.717) is 27.4 Å². The third kappa shape index (κ3) is 3.22. The van der Waals surface area contributed by atoms with Crippen LogP contribution >= 0.6 is 0 Å². The first-order chi connectivity index (χ1) is 14.3. The van der Waals surface area contributed by atoms with Crippen molar-refractivity contribution in [2.45, 2.75) is 83.0 Å². The molecule has 3 fully saturated rings. The average molecular weight is 427 g/mol. The molecule has 4 aliphatic rings. The van der Waals surface area contributed by atoms with Gasteiger partial charge in [0.05, 0.1) is 10.6 Å². The van der Waals surface area contributed by atoms with Crippen molar-refractivity contribution in [3.05, 3.63) is 42.0 Å². The van der Waals surface area contributed by atoms with Gasteiger partial charge in [-0.15, -0.1) is 0 Å². The second kappa shape index (κ2) is 7.50. The maximum Gasteiger partial charge on any atom is 0.178 e. The molecule has 5 rings (SSSR count). The van der Waals surface area contributed by atoms with E-state index in [9.17, 15) is 8.42 Å². The highest BCUT2D eigenvalue weighted by atomic mass is 32.2. The van der Waals surface area contributed by atoms with Gasteiger partial charge in [-0.1, -0.05) is 50.1 Å². The lowest BCUT2D eigenvalue weighted by Crippen LogP contribution is -2.49. The lowest BCUT2D eigenvalue weighted by atomic mass is 9.47. The number of hydrogen-bond donors (Lipinski definition) is 0.